The van der Waals surface area contributed by atoms with E-state index in [4.69, 9.17) is 21.1 Å². The molecule has 4 rings (SSSR count). The average molecular weight is 414 g/mol. The van der Waals surface area contributed by atoms with Gasteiger partial charge in [0.15, 0.2) is 11.5 Å². The predicted octanol–water partition coefficient (Wildman–Crippen LogP) is 1.88. The number of hydrazone groups is 1. The molecule has 2 amide bonds. The third kappa shape index (κ3) is 4.46. The van der Waals surface area contributed by atoms with Crippen molar-refractivity contribution in [2.75, 3.05) is 12.1 Å². The number of nitrogens with zero attached hydrogens (tertiary/aromatic N) is 2. The second-order valence-corrected chi connectivity index (χ2v) is 6.60. The Balaban J connectivity index is 1.32. The first kappa shape index (κ1) is 18.8. The normalized spacial score (nSPS) is 17.2. The highest BCUT2D eigenvalue weighted by atomic mass is 35.5. The summed E-state index contributed by atoms with van der Waals surface area (Å²) in [5.74, 6) is 0.604. The molecule has 9 nitrogen and oxygen atoms in total. The number of hydrogen-bond donors (Lipinski definition) is 3. The molecular weight excluding hydrogens is 398 g/mol. The molecule has 0 aromatic heterocycles. The summed E-state index contributed by atoms with van der Waals surface area (Å²) >= 11 is 6.04. The predicted molar refractivity (Wildman–Crippen MR) is 107 cm³/mol. The van der Waals surface area contributed by atoms with E-state index in [1.807, 2.05) is 12.1 Å². The molecule has 0 aliphatic carbocycles. The summed E-state index contributed by atoms with van der Waals surface area (Å²) < 4.78 is 10.5. The smallest absolute Gasteiger partial charge is 0.252 e. The Labute approximate surface area is 170 Å². The zero-order chi connectivity index (χ0) is 20.2. The number of nitrogens with one attached hydrogen (secondary N) is 3. The largest absolute Gasteiger partial charge is 0.454 e. The Morgan fingerprint density at radius 2 is 2.10 bits per heavy atom. The molecule has 1 atom stereocenters. The van der Waals surface area contributed by atoms with Crippen molar-refractivity contribution >= 4 is 41.3 Å². The Hall–Kier alpha value is -3.59. The molecule has 0 saturated heterocycles. The van der Waals surface area contributed by atoms with Gasteiger partial charge in [0, 0.05) is 22.3 Å². The van der Waals surface area contributed by atoms with Gasteiger partial charge in [0.25, 0.3) is 5.91 Å². The lowest BCUT2D eigenvalue weighted by molar-refractivity contribution is -0.123. The van der Waals surface area contributed by atoms with E-state index in [0.29, 0.717) is 27.8 Å². The highest BCUT2D eigenvalue weighted by Gasteiger charge is 2.28. The van der Waals surface area contributed by atoms with E-state index in [2.05, 4.69) is 26.2 Å². The molecule has 2 aromatic rings. The zero-order valence-corrected chi connectivity index (χ0v) is 15.8. The van der Waals surface area contributed by atoms with Gasteiger partial charge in [-0.3, -0.25) is 14.9 Å². The third-order valence-electron chi connectivity index (χ3n) is 4.14. The lowest BCUT2D eigenvalue weighted by Gasteiger charge is -2.07. The molecule has 0 bridgehead atoms. The number of carbonyl (C=O) groups is 2. The molecule has 2 aliphatic heterocycles. The van der Waals surface area contributed by atoms with E-state index in [0.717, 1.165) is 0 Å². The molecule has 3 N–H and O–H groups in total. The molecule has 29 heavy (non-hydrogen) atoms. The number of fused-ring (bicyclic) bond motifs is 1. The van der Waals surface area contributed by atoms with Gasteiger partial charge in [-0.25, -0.2) is 10.4 Å². The third-order valence-corrected chi connectivity index (χ3v) is 4.49. The Kier molecular flexibility index (Phi) is 5.30. The van der Waals surface area contributed by atoms with Crippen LogP contribution in [-0.4, -0.2) is 36.8 Å². The Morgan fingerprint density at radius 1 is 1.28 bits per heavy atom. The molecule has 148 valence electrons. The second kappa shape index (κ2) is 8.19. The van der Waals surface area contributed by atoms with Crippen LogP contribution in [0.5, 0.6) is 11.5 Å². The molecule has 2 aliphatic rings. The maximum Gasteiger partial charge on any atom is 0.252 e. The zero-order valence-electron chi connectivity index (χ0n) is 15.0. The lowest BCUT2D eigenvalue weighted by atomic mass is 10.2. The molecule has 0 fully saturated rings. The number of hydrogen-bond acceptors (Lipinski definition) is 7. The van der Waals surface area contributed by atoms with Gasteiger partial charge < -0.3 is 14.8 Å². The highest BCUT2D eigenvalue weighted by molar-refractivity contribution is 6.33. The van der Waals surface area contributed by atoms with Crippen molar-refractivity contribution in [2.45, 2.75) is 12.5 Å². The molecule has 0 saturated carbocycles. The number of benzene rings is 2. The van der Waals surface area contributed by atoms with E-state index in [1.165, 1.54) is 6.21 Å². The monoisotopic (exact) mass is 413 g/mol. The van der Waals surface area contributed by atoms with Crippen molar-refractivity contribution in [3.8, 4) is 11.5 Å². The maximum absolute atomic E-state index is 12.3. The number of guanidine groups is 1. The lowest BCUT2D eigenvalue weighted by Crippen LogP contribution is -2.35. The van der Waals surface area contributed by atoms with Crippen molar-refractivity contribution in [2.24, 2.45) is 10.1 Å². The molecule has 0 radical (unpaired) electrons. The molecule has 2 aromatic carbocycles. The minimum Gasteiger partial charge on any atom is -0.454 e. The molecular formula is C19H16ClN5O4. The van der Waals surface area contributed by atoms with Crippen LogP contribution in [0.2, 0.25) is 5.02 Å². The second-order valence-electron chi connectivity index (χ2n) is 6.19. The van der Waals surface area contributed by atoms with Crippen LogP contribution in [0.25, 0.3) is 0 Å². The number of rotatable bonds is 5. The fraction of sp³-hybridized carbons (Fsp3) is 0.158. The number of carbonyl (C=O) groups excluding carboxylic acids is 2. The molecule has 2 heterocycles. The number of amides is 2. The van der Waals surface area contributed by atoms with E-state index < -0.39 is 6.04 Å². The van der Waals surface area contributed by atoms with Crippen LogP contribution in [-0.2, 0) is 9.59 Å². The average Bonchev–Trinajstić information content (AvgIpc) is 3.29. The summed E-state index contributed by atoms with van der Waals surface area (Å²) in [6.07, 6.45) is 1.40. The molecule has 0 spiro atoms. The van der Waals surface area contributed by atoms with Gasteiger partial charge in [-0.05, 0) is 18.2 Å². The summed E-state index contributed by atoms with van der Waals surface area (Å²) in [7, 11) is 0. The van der Waals surface area contributed by atoms with Gasteiger partial charge in [-0.15, -0.1) is 0 Å². The molecule has 1 unspecified atom stereocenters. The Bertz CT molecular complexity index is 1020. The van der Waals surface area contributed by atoms with Gasteiger partial charge in [-0.1, -0.05) is 29.8 Å². The fourth-order valence-corrected chi connectivity index (χ4v) is 2.93. The van der Waals surface area contributed by atoms with Crippen molar-refractivity contribution in [1.29, 1.82) is 0 Å². The number of aliphatic imine (C=N–C) groups is 1. The summed E-state index contributed by atoms with van der Waals surface area (Å²) in [6.45, 7) is 0.151. The summed E-state index contributed by atoms with van der Waals surface area (Å²) in [6, 6.07) is 11.4. The number of halogens is 1. The van der Waals surface area contributed by atoms with Crippen LogP contribution in [0.1, 0.15) is 12.0 Å². The van der Waals surface area contributed by atoms with Crippen LogP contribution in [0.4, 0.5) is 5.69 Å². The van der Waals surface area contributed by atoms with Gasteiger partial charge in [0.2, 0.25) is 18.7 Å². The van der Waals surface area contributed by atoms with Crippen molar-refractivity contribution in [3.63, 3.8) is 0 Å². The minimum atomic E-state index is -0.845. The molecule has 10 heteroatoms. The Morgan fingerprint density at radius 3 is 2.97 bits per heavy atom. The van der Waals surface area contributed by atoms with Crippen LogP contribution in [0.3, 0.4) is 0 Å². The summed E-state index contributed by atoms with van der Waals surface area (Å²) in [4.78, 5) is 28.5. The van der Waals surface area contributed by atoms with E-state index in [-0.39, 0.29) is 31.0 Å². The fourth-order valence-electron chi connectivity index (χ4n) is 2.75. The number of ether oxygens (including phenoxy) is 2. The van der Waals surface area contributed by atoms with Crippen molar-refractivity contribution in [1.82, 2.24) is 10.7 Å². The summed E-state index contributed by atoms with van der Waals surface area (Å²) in [5.41, 5.74) is 3.90. The van der Waals surface area contributed by atoms with E-state index in [9.17, 15) is 9.59 Å². The number of anilines is 1. The first-order valence-corrected chi connectivity index (χ1v) is 9.08. The van der Waals surface area contributed by atoms with Crippen molar-refractivity contribution in [3.05, 3.63) is 53.1 Å². The quantitative estimate of drug-likeness (QED) is 0.511. The van der Waals surface area contributed by atoms with E-state index >= 15 is 0 Å². The topological polar surface area (TPSA) is 113 Å². The van der Waals surface area contributed by atoms with Gasteiger partial charge in [0.1, 0.15) is 6.04 Å². The van der Waals surface area contributed by atoms with Gasteiger partial charge in [0.05, 0.1) is 12.6 Å². The first-order valence-electron chi connectivity index (χ1n) is 8.70. The SMILES string of the molecule is O=C(CC1N=C(N/N=C/c2ccccc2Cl)NC1=O)Nc1ccc2c(c1)OCO2. The van der Waals surface area contributed by atoms with Gasteiger partial charge in [-0.2, -0.15) is 5.10 Å². The van der Waals surface area contributed by atoms with Crippen LogP contribution >= 0.6 is 11.6 Å². The summed E-state index contributed by atoms with van der Waals surface area (Å²) in [5, 5.41) is 9.81. The van der Waals surface area contributed by atoms with Crippen LogP contribution in [0.15, 0.2) is 52.6 Å². The minimum absolute atomic E-state index is 0.111. The van der Waals surface area contributed by atoms with Crippen LogP contribution < -0.4 is 25.5 Å². The van der Waals surface area contributed by atoms with E-state index in [1.54, 1.807) is 30.3 Å². The first-order chi connectivity index (χ1) is 14.1. The maximum atomic E-state index is 12.3. The van der Waals surface area contributed by atoms with Crippen molar-refractivity contribution < 1.29 is 19.1 Å². The standard InChI is InChI=1S/C19H16ClN5O4/c20-13-4-2-1-3-11(13)9-21-25-19-23-14(18(27)24-19)8-17(26)22-12-5-6-15-16(7-12)29-10-28-15/h1-7,9,14H,8,10H2,(H,22,26)(H2,23,24,25,27)/b21-9+. The van der Waals surface area contributed by atoms with Gasteiger partial charge >= 0.3 is 0 Å². The highest BCUT2D eigenvalue weighted by Crippen LogP contribution is 2.34. The van der Waals surface area contributed by atoms with Crippen LogP contribution in [0, 0.1) is 0 Å².